The molecule has 2 heterocycles. The van der Waals surface area contributed by atoms with Crippen molar-refractivity contribution in [2.24, 2.45) is 11.1 Å². The summed E-state index contributed by atoms with van der Waals surface area (Å²) in [7, 11) is 0. The first-order chi connectivity index (χ1) is 20.0. The second kappa shape index (κ2) is 17.8. The number of ether oxygens (including phenoxy) is 5. The molecular formula is C28H45N5O8S. The maximum absolute atomic E-state index is 13.6. The Labute approximate surface area is 252 Å². The Morgan fingerprint density at radius 2 is 1.74 bits per heavy atom. The molecule has 1 unspecified atom stereocenters. The number of morpholine rings is 1. The molecule has 42 heavy (non-hydrogen) atoms. The van der Waals surface area contributed by atoms with Gasteiger partial charge in [-0.2, -0.15) is 4.37 Å². The Kier molecular flexibility index (Phi) is 15.0. The molecule has 0 spiro atoms. The van der Waals surface area contributed by atoms with Crippen molar-refractivity contribution in [1.29, 1.82) is 0 Å². The van der Waals surface area contributed by atoms with E-state index < -0.39 is 29.4 Å². The minimum atomic E-state index is -1.47. The van der Waals surface area contributed by atoms with Gasteiger partial charge in [0.15, 0.2) is 0 Å². The Bertz CT molecular complexity index is 1030. The van der Waals surface area contributed by atoms with E-state index in [0.717, 1.165) is 11.7 Å². The number of unbranched alkanes of at least 4 members (excludes halogenated alkanes) is 1. The van der Waals surface area contributed by atoms with Crippen LogP contribution < -0.4 is 20.7 Å². The van der Waals surface area contributed by atoms with E-state index >= 15 is 0 Å². The number of hydrogen-bond donors (Lipinski definition) is 2. The van der Waals surface area contributed by atoms with Gasteiger partial charge >= 0.3 is 17.9 Å². The Balaban J connectivity index is 2.14. The molecule has 236 valence electrons. The van der Waals surface area contributed by atoms with Crippen molar-refractivity contribution in [3.63, 3.8) is 0 Å². The Morgan fingerprint density at radius 1 is 1.10 bits per heavy atom. The predicted molar refractivity (Wildman–Crippen MR) is 157 cm³/mol. The van der Waals surface area contributed by atoms with E-state index in [2.05, 4.69) is 20.0 Å². The van der Waals surface area contributed by atoms with Crippen molar-refractivity contribution in [2.75, 3.05) is 64.1 Å². The molecule has 0 aromatic carbocycles. The van der Waals surface area contributed by atoms with E-state index in [1.165, 1.54) is 6.92 Å². The lowest BCUT2D eigenvalue weighted by Gasteiger charge is -2.31. The van der Waals surface area contributed by atoms with Crippen LogP contribution in [0.3, 0.4) is 0 Å². The molecule has 1 aliphatic heterocycles. The van der Waals surface area contributed by atoms with Crippen LogP contribution in [0.25, 0.3) is 0 Å². The van der Waals surface area contributed by atoms with Gasteiger partial charge < -0.3 is 39.6 Å². The van der Waals surface area contributed by atoms with Gasteiger partial charge in [-0.15, -0.1) is 16.7 Å². The van der Waals surface area contributed by atoms with Crippen molar-refractivity contribution in [1.82, 2.24) is 14.1 Å². The van der Waals surface area contributed by atoms with E-state index in [4.69, 9.17) is 35.8 Å². The first-order valence-corrected chi connectivity index (χ1v) is 14.9. The molecule has 0 aliphatic carbocycles. The molecule has 14 heteroatoms. The summed E-state index contributed by atoms with van der Waals surface area (Å²) in [4.78, 5) is 40.1. The van der Waals surface area contributed by atoms with E-state index in [1.54, 1.807) is 0 Å². The number of carbonyl (C=O) groups is 3. The van der Waals surface area contributed by atoms with Crippen molar-refractivity contribution < 1.29 is 38.1 Å². The quantitative estimate of drug-likeness (QED) is 0.107. The number of carbonyl (C=O) groups excluding carboxylic acids is 3. The SMILES string of the molecule is C#CCCCC(=O)OCC(C)(COC(=O)CCCN)C(=O)O[C@@H](CNC(C)(C)C)COc1nsnc1N1CCOCC1. The molecule has 0 saturated carbocycles. The summed E-state index contributed by atoms with van der Waals surface area (Å²) in [5.74, 6) is 1.69. The van der Waals surface area contributed by atoms with Crippen LogP contribution in [-0.2, 0) is 33.3 Å². The van der Waals surface area contributed by atoms with Crippen LogP contribution in [0.5, 0.6) is 5.88 Å². The zero-order valence-electron chi connectivity index (χ0n) is 25.1. The van der Waals surface area contributed by atoms with Crippen molar-refractivity contribution in [3.05, 3.63) is 0 Å². The molecule has 13 nitrogen and oxygen atoms in total. The maximum atomic E-state index is 13.6. The summed E-state index contributed by atoms with van der Waals surface area (Å²) >= 11 is 1.03. The van der Waals surface area contributed by atoms with Gasteiger partial charge in [0.2, 0.25) is 5.82 Å². The van der Waals surface area contributed by atoms with E-state index in [-0.39, 0.29) is 44.7 Å². The summed E-state index contributed by atoms with van der Waals surface area (Å²) in [5, 5.41) is 3.32. The lowest BCUT2D eigenvalue weighted by atomic mass is 9.93. The van der Waals surface area contributed by atoms with E-state index in [1.807, 2.05) is 25.7 Å². The van der Waals surface area contributed by atoms with Gasteiger partial charge in [0, 0.05) is 44.4 Å². The molecule has 1 aromatic rings. The molecule has 3 N–H and O–H groups in total. The van der Waals surface area contributed by atoms with Crippen LogP contribution in [0.4, 0.5) is 5.82 Å². The molecule has 1 aromatic heterocycles. The fraction of sp³-hybridized carbons (Fsp3) is 0.750. The Hall–Kier alpha value is -2.99. The summed E-state index contributed by atoms with van der Waals surface area (Å²) in [5.41, 5.74) is 3.73. The van der Waals surface area contributed by atoms with Gasteiger partial charge in [-0.1, -0.05) is 0 Å². The summed E-state index contributed by atoms with van der Waals surface area (Å²) in [6.45, 7) is 9.84. The van der Waals surface area contributed by atoms with Crippen LogP contribution >= 0.6 is 11.7 Å². The van der Waals surface area contributed by atoms with Gasteiger partial charge in [0.25, 0.3) is 5.88 Å². The number of nitrogens with one attached hydrogen (secondary N) is 1. The maximum Gasteiger partial charge on any atom is 0.319 e. The largest absolute Gasteiger partial charge is 0.470 e. The fourth-order valence-electron chi connectivity index (χ4n) is 3.62. The first-order valence-electron chi connectivity index (χ1n) is 14.2. The van der Waals surface area contributed by atoms with Gasteiger partial charge in [-0.3, -0.25) is 14.4 Å². The van der Waals surface area contributed by atoms with Crippen LogP contribution in [0, 0.1) is 17.8 Å². The Morgan fingerprint density at radius 3 is 2.33 bits per heavy atom. The van der Waals surface area contributed by atoms with Crippen LogP contribution in [0.15, 0.2) is 0 Å². The fourth-order valence-corrected chi connectivity index (χ4v) is 4.14. The van der Waals surface area contributed by atoms with Gasteiger partial charge in [-0.05, 0) is 47.1 Å². The summed E-state index contributed by atoms with van der Waals surface area (Å²) < 4.78 is 36.7. The highest BCUT2D eigenvalue weighted by atomic mass is 32.1. The molecular weight excluding hydrogens is 566 g/mol. The van der Waals surface area contributed by atoms with Gasteiger partial charge in [0.05, 0.1) is 24.9 Å². The monoisotopic (exact) mass is 611 g/mol. The number of hydrogen-bond acceptors (Lipinski definition) is 14. The standard InChI is InChI=1S/C28H45N5O8S/c1-6-7-8-10-22(34)39-19-28(5,20-40-23(35)11-9-12-29)26(36)41-21(17-30-27(2,3)4)18-38-25-24(31-42-32-25)33-13-15-37-16-14-33/h1,21,30H,7-20,29H2,2-5H3/t21-,28?/m0/s1. The second-order valence-corrected chi connectivity index (χ2v) is 11.8. The normalized spacial score (nSPS) is 15.7. The molecule has 0 radical (unpaired) electrons. The third-order valence-corrected chi connectivity index (χ3v) is 6.68. The topological polar surface area (TPSA) is 164 Å². The third kappa shape index (κ3) is 12.9. The highest BCUT2D eigenvalue weighted by molar-refractivity contribution is 6.99. The number of esters is 3. The molecule has 0 bridgehead atoms. The van der Waals surface area contributed by atoms with Crippen LogP contribution in [-0.4, -0.2) is 97.5 Å². The van der Waals surface area contributed by atoms with E-state index in [9.17, 15) is 14.4 Å². The number of anilines is 1. The minimum Gasteiger partial charge on any atom is -0.470 e. The summed E-state index contributed by atoms with van der Waals surface area (Å²) in [6, 6.07) is 0. The number of rotatable bonds is 18. The molecule has 1 aliphatic rings. The van der Waals surface area contributed by atoms with Crippen molar-refractivity contribution >= 4 is 35.5 Å². The highest BCUT2D eigenvalue weighted by Crippen LogP contribution is 2.27. The molecule has 1 fully saturated rings. The first kappa shape index (κ1) is 35.2. The average Bonchev–Trinajstić information content (AvgIpc) is 3.44. The van der Waals surface area contributed by atoms with Gasteiger partial charge in [-0.25, -0.2) is 0 Å². The summed E-state index contributed by atoms with van der Waals surface area (Å²) in [6.07, 6.45) is 6.03. The third-order valence-electron chi connectivity index (χ3n) is 6.18. The molecule has 1 saturated heterocycles. The van der Waals surface area contributed by atoms with Crippen LogP contribution in [0.1, 0.15) is 59.8 Å². The predicted octanol–water partition coefficient (Wildman–Crippen LogP) is 1.69. The highest BCUT2D eigenvalue weighted by Gasteiger charge is 2.40. The van der Waals surface area contributed by atoms with E-state index in [0.29, 0.717) is 63.8 Å². The molecule has 2 atom stereocenters. The average molecular weight is 612 g/mol. The van der Waals surface area contributed by atoms with Crippen molar-refractivity contribution in [2.45, 2.75) is 71.4 Å². The smallest absolute Gasteiger partial charge is 0.319 e. The zero-order chi connectivity index (χ0) is 31.0. The number of nitrogens with two attached hydrogens (primary N) is 1. The number of terminal acetylenes is 1. The minimum absolute atomic E-state index is 0.0180. The molecule has 0 amide bonds. The number of aromatic nitrogens is 2. The molecule has 2 rings (SSSR count). The lowest BCUT2D eigenvalue weighted by Crippen LogP contribution is -2.47. The lowest BCUT2D eigenvalue weighted by molar-refractivity contribution is -0.175. The van der Waals surface area contributed by atoms with Crippen LogP contribution in [0.2, 0.25) is 0 Å². The van der Waals surface area contributed by atoms with Crippen molar-refractivity contribution in [3.8, 4) is 18.2 Å². The second-order valence-electron chi connectivity index (χ2n) is 11.3. The number of nitrogens with zero attached hydrogens (tertiary/aromatic N) is 3. The van der Waals surface area contributed by atoms with Gasteiger partial charge in [0.1, 0.15) is 31.3 Å². The zero-order valence-corrected chi connectivity index (χ0v) is 26.0.